The minimum absolute atomic E-state index is 0.202. The standard InChI is InChI=1S/C20H17FN4O3/c1-2-28-19(27)16-8-3-4-9-17(16)25-20-22-11-13(12-23-20)18(26)24-15-7-5-6-14(21)10-15/h3-12H,2H2,1H3,(H,24,26)(H,22,23,25). The van der Waals surface area contributed by atoms with Crippen LogP contribution in [-0.4, -0.2) is 28.5 Å². The number of halogens is 1. The van der Waals surface area contributed by atoms with E-state index in [4.69, 9.17) is 4.74 Å². The van der Waals surface area contributed by atoms with Crippen LogP contribution in [0.5, 0.6) is 0 Å². The van der Waals surface area contributed by atoms with Gasteiger partial charge < -0.3 is 15.4 Å². The van der Waals surface area contributed by atoms with E-state index in [-0.39, 0.29) is 18.1 Å². The van der Waals surface area contributed by atoms with Crippen molar-refractivity contribution in [2.45, 2.75) is 6.92 Å². The summed E-state index contributed by atoms with van der Waals surface area (Å²) in [4.78, 5) is 32.4. The first-order valence-corrected chi connectivity index (χ1v) is 8.49. The summed E-state index contributed by atoms with van der Waals surface area (Å²) in [5.74, 6) is -1.17. The van der Waals surface area contributed by atoms with Gasteiger partial charge in [0.05, 0.1) is 23.4 Å². The van der Waals surface area contributed by atoms with Gasteiger partial charge in [-0.25, -0.2) is 19.2 Å². The van der Waals surface area contributed by atoms with E-state index < -0.39 is 17.7 Å². The lowest BCUT2D eigenvalue weighted by Gasteiger charge is -2.10. The van der Waals surface area contributed by atoms with Gasteiger partial charge in [0.15, 0.2) is 0 Å². The van der Waals surface area contributed by atoms with E-state index in [1.54, 1.807) is 37.3 Å². The van der Waals surface area contributed by atoms with Gasteiger partial charge in [-0.15, -0.1) is 0 Å². The van der Waals surface area contributed by atoms with Crippen LogP contribution in [0.3, 0.4) is 0 Å². The highest BCUT2D eigenvalue weighted by Gasteiger charge is 2.13. The van der Waals surface area contributed by atoms with E-state index in [1.807, 2.05) is 0 Å². The van der Waals surface area contributed by atoms with Crippen molar-refractivity contribution in [2.24, 2.45) is 0 Å². The maximum Gasteiger partial charge on any atom is 0.340 e. The van der Waals surface area contributed by atoms with Crippen LogP contribution in [0.15, 0.2) is 60.9 Å². The molecule has 8 heteroatoms. The second-order valence-electron chi connectivity index (χ2n) is 5.65. The average molecular weight is 380 g/mol. The van der Waals surface area contributed by atoms with Crippen molar-refractivity contribution in [2.75, 3.05) is 17.2 Å². The molecule has 0 unspecified atom stereocenters. The molecule has 142 valence electrons. The number of benzene rings is 2. The highest BCUT2D eigenvalue weighted by atomic mass is 19.1. The number of rotatable bonds is 6. The van der Waals surface area contributed by atoms with Gasteiger partial charge in [0.25, 0.3) is 5.91 Å². The minimum atomic E-state index is -0.468. The van der Waals surface area contributed by atoms with E-state index in [2.05, 4.69) is 20.6 Å². The van der Waals surface area contributed by atoms with Crippen molar-refractivity contribution in [3.05, 3.63) is 77.9 Å². The number of carbonyl (C=O) groups excluding carboxylic acids is 2. The fourth-order valence-electron chi connectivity index (χ4n) is 2.38. The summed E-state index contributed by atoms with van der Waals surface area (Å²) in [5.41, 5.74) is 1.36. The Bertz CT molecular complexity index is 993. The lowest BCUT2D eigenvalue weighted by atomic mass is 10.2. The van der Waals surface area contributed by atoms with Crippen LogP contribution in [0.1, 0.15) is 27.6 Å². The summed E-state index contributed by atoms with van der Waals surface area (Å²) >= 11 is 0. The van der Waals surface area contributed by atoms with Gasteiger partial charge in [0.2, 0.25) is 5.95 Å². The van der Waals surface area contributed by atoms with Crippen molar-refractivity contribution in [1.29, 1.82) is 0 Å². The van der Waals surface area contributed by atoms with Crippen LogP contribution in [-0.2, 0) is 4.74 Å². The second-order valence-corrected chi connectivity index (χ2v) is 5.65. The van der Waals surface area contributed by atoms with Crippen molar-refractivity contribution < 1.29 is 18.7 Å². The highest BCUT2D eigenvalue weighted by Crippen LogP contribution is 2.19. The van der Waals surface area contributed by atoms with E-state index in [9.17, 15) is 14.0 Å². The molecule has 3 rings (SSSR count). The number of hydrogen-bond donors (Lipinski definition) is 2. The average Bonchev–Trinajstić information content (AvgIpc) is 2.69. The Hall–Kier alpha value is -3.81. The summed E-state index contributed by atoms with van der Waals surface area (Å²) in [6.07, 6.45) is 2.66. The first-order valence-electron chi connectivity index (χ1n) is 8.49. The smallest absolute Gasteiger partial charge is 0.340 e. The predicted octanol–water partition coefficient (Wildman–Crippen LogP) is 3.79. The number of anilines is 3. The summed E-state index contributed by atoms with van der Waals surface area (Å²) in [5, 5.41) is 5.50. The monoisotopic (exact) mass is 380 g/mol. The molecule has 0 saturated heterocycles. The van der Waals surface area contributed by atoms with Crippen LogP contribution in [0.2, 0.25) is 0 Å². The molecular weight excluding hydrogens is 363 g/mol. The van der Waals surface area contributed by atoms with Crippen LogP contribution in [0.4, 0.5) is 21.7 Å². The molecule has 0 aliphatic rings. The van der Waals surface area contributed by atoms with Gasteiger partial charge >= 0.3 is 5.97 Å². The van der Waals surface area contributed by atoms with E-state index in [1.165, 1.54) is 30.6 Å². The van der Waals surface area contributed by atoms with Crippen molar-refractivity contribution in [3.63, 3.8) is 0 Å². The Labute approximate surface area is 160 Å². The molecule has 0 spiro atoms. The van der Waals surface area contributed by atoms with Crippen LogP contribution in [0.25, 0.3) is 0 Å². The Morgan fingerprint density at radius 2 is 1.82 bits per heavy atom. The molecule has 3 aromatic rings. The Kier molecular flexibility index (Phi) is 5.91. The maximum atomic E-state index is 13.2. The van der Waals surface area contributed by atoms with Crippen LogP contribution < -0.4 is 10.6 Å². The zero-order valence-electron chi connectivity index (χ0n) is 15.0. The third-order valence-corrected chi connectivity index (χ3v) is 3.67. The summed E-state index contributed by atoms with van der Waals surface area (Å²) < 4.78 is 18.2. The number of amides is 1. The molecule has 2 N–H and O–H groups in total. The number of aromatic nitrogens is 2. The number of ether oxygens (including phenoxy) is 1. The van der Waals surface area contributed by atoms with Gasteiger partial charge in [-0.05, 0) is 37.3 Å². The van der Waals surface area contributed by atoms with E-state index >= 15 is 0 Å². The first-order chi connectivity index (χ1) is 13.6. The van der Waals surface area contributed by atoms with Gasteiger partial charge in [-0.3, -0.25) is 4.79 Å². The topological polar surface area (TPSA) is 93.2 Å². The lowest BCUT2D eigenvalue weighted by molar-refractivity contribution is 0.0527. The fourth-order valence-corrected chi connectivity index (χ4v) is 2.38. The zero-order chi connectivity index (χ0) is 19.9. The molecule has 0 saturated carbocycles. The summed E-state index contributed by atoms with van der Waals surface area (Å²) in [6, 6.07) is 12.4. The SMILES string of the molecule is CCOC(=O)c1ccccc1Nc1ncc(C(=O)Nc2cccc(F)c2)cn1. The molecule has 0 radical (unpaired) electrons. The number of nitrogens with zero attached hydrogens (tertiary/aromatic N) is 2. The molecule has 0 fully saturated rings. The molecule has 1 aromatic heterocycles. The molecule has 0 atom stereocenters. The van der Waals surface area contributed by atoms with Crippen molar-refractivity contribution in [3.8, 4) is 0 Å². The Balaban J connectivity index is 1.71. The van der Waals surface area contributed by atoms with Crippen LogP contribution in [0, 0.1) is 5.82 Å². The predicted molar refractivity (Wildman–Crippen MR) is 102 cm³/mol. The van der Waals surface area contributed by atoms with Gasteiger partial charge in [-0.1, -0.05) is 18.2 Å². The van der Waals surface area contributed by atoms with Crippen molar-refractivity contribution in [1.82, 2.24) is 9.97 Å². The minimum Gasteiger partial charge on any atom is -0.462 e. The number of nitrogens with one attached hydrogen (secondary N) is 2. The fraction of sp³-hybridized carbons (Fsp3) is 0.100. The second kappa shape index (κ2) is 8.72. The molecule has 0 aliphatic heterocycles. The van der Waals surface area contributed by atoms with Crippen LogP contribution >= 0.6 is 0 Å². The molecular formula is C20H17FN4O3. The zero-order valence-corrected chi connectivity index (χ0v) is 15.0. The summed E-state index contributed by atoms with van der Waals surface area (Å²) in [6.45, 7) is 1.99. The molecule has 28 heavy (non-hydrogen) atoms. The Morgan fingerprint density at radius 3 is 2.54 bits per heavy atom. The lowest BCUT2D eigenvalue weighted by Crippen LogP contribution is -2.13. The number of hydrogen-bond acceptors (Lipinski definition) is 6. The Morgan fingerprint density at radius 1 is 1.07 bits per heavy atom. The quantitative estimate of drug-likeness (QED) is 0.632. The largest absolute Gasteiger partial charge is 0.462 e. The van der Waals surface area contributed by atoms with Gasteiger partial charge in [-0.2, -0.15) is 0 Å². The third kappa shape index (κ3) is 4.67. The molecule has 0 aliphatic carbocycles. The molecule has 1 heterocycles. The van der Waals surface area contributed by atoms with Gasteiger partial charge in [0.1, 0.15) is 5.82 Å². The highest BCUT2D eigenvalue weighted by molar-refractivity contribution is 6.04. The normalized spacial score (nSPS) is 10.2. The number of esters is 1. The molecule has 2 aromatic carbocycles. The summed E-state index contributed by atoms with van der Waals surface area (Å²) in [7, 11) is 0. The number of para-hydroxylation sites is 1. The van der Waals surface area contributed by atoms with Gasteiger partial charge in [0, 0.05) is 18.1 Å². The maximum absolute atomic E-state index is 13.2. The van der Waals surface area contributed by atoms with E-state index in [0.717, 1.165) is 0 Å². The third-order valence-electron chi connectivity index (χ3n) is 3.67. The van der Waals surface area contributed by atoms with Crippen molar-refractivity contribution >= 4 is 29.2 Å². The molecule has 1 amide bonds. The molecule has 7 nitrogen and oxygen atoms in total. The molecule has 0 bridgehead atoms. The van der Waals surface area contributed by atoms with E-state index in [0.29, 0.717) is 16.9 Å². The first kappa shape index (κ1) is 19.0. The number of carbonyl (C=O) groups is 2.